The van der Waals surface area contributed by atoms with Crippen molar-refractivity contribution in [2.45, 2.75) is 6.42 Å². The first-order chi connectivity index (χ1) is 15.7. The number of anilines is 1. The van der Waals surface area contributed by atoms with Gasteiger partial charge in [0.1, 0.15) is 28.4 Å². The second-order valence-corrected chi connectivity index (χ2v) is 9.27. The minimum Gasteiger partial charge on any atom is -0.506 e. The van der Waals surface area contributed by atoms with Crippen LogP contribution in [0.1, 0.15) is 15.9 Å². The molecule has 0 aliphatic carbocycles. The first kappa shape index (κ1) is 22.3. The van der Waals surface area contributed by atoms with Crippen molar-refractivity contribution in [2.24, 2.45) is 0 Å². The van der Waals surface area contributed by atoms with Gasteiger partial charge in [-0.25, -0.2) is 17.8 Å². The van der Waals surface area contributed by atoms with Gasteiger partial charge in [0.05, 0.1) is 11.8 Å². The summed E-state index contributed by atoms with van der Waals surface area (Å²) in [5, 5.41) is 13.0. The summed E-state index contributed by atoms with van der Waals surface area (Å²) in [7, 11) is -3.34. The molecule has 10 heteroatoms. The Morgan fingerprint density at radius 2 is 1.76 bits per heavy atom. The number of benzene rings is 3. The zero-order valence-electron chi connectivity index (χ0n) is 17.6. The molecule has 0 saturated carbocycles. The molecule has 4 rings (SSSR count). The molecule has 0 fully saturated rings. The summed E-state index contributed by atoms with van der Waals surface area (Å²) >= 11 is 0. The third-order valence-corrected chi connectivity index (χ3v) is 5.55. The molecule has 0 saturated heterocycles. The maximum atomic E-state index is 13.2. The van der Waals surface area contributed by atoms with E-state index in [2.05, 4.69) is 20.0 Å². The summed E-state index contributed by atoms with van der Waals surface area (Å²) < 4.78 is 38.2. The van der Waals surface area contributed by atoms with E-state index >= 15 is 0 Å². The molecular formula is C23H21FN4O4S. The number of fused-ring (bicyclic) bond motifs is 1. The number of amides is 1. The molecule has 0 unspecified atom stereocenters. The van der Waals surface area contributed by atoms with Gasteiger partial charge in [-0.2, -0.15) is 0 Å². The summed E-state index contributed by atoms with van der Waals surface area (Å²) in [6.45, 7) is 0.343. The standard InChI is InChI=1S/C23H21FN4O4S/c1-33(31,32)28-17-8-2-14(3-9-17)12-13-25-23(30)18-10-11-19(29)21-20(18)26-22(27-21)15-4-6-16(24)7-5-15/h2-11,28-29H,12-13H2,1H3,(H,25,30)(H,26,27). The van der Waals surface area contributed by atoms with Gasteiger partial charge in [0.2, 0.25) is 10.0 Å². The zero-order valence-corrected chi connectivity index (χ0v) is 18.4. The number of nitrogens with zero attached hydrogens (tertiary/aromatic N) is 1. The number of H-pyrrole nitrogens is 1. The van der Waals surface area contributed by atoms with Gasteiger partial charge in [-0.3, -0.25) is 9.52 Å². The summed E-state index contributed by atoms with van der Waals surface area (Å²) in [5.74, 6) is -0.375. The number of aromatic nitrogens is 2. The van der Waals surface area contributed by atoms with Gasteiger partial charge in [-0.15, -0.1) is 0 Å². The molecule has 0 bridgehead atoms. The smallest absolute Gasteiger partial charge is 0.253 e. The number of rotatable bonds is 7. The monoisotopic (exact) mass is 468 g/mol. The molecule has 0 spiro atoms. The Morgan fingerprint density at radius 3 is 2.42 bits per heavy atom. The maximum Gasteiger partial charge on any atom is 0.253 e. The van der Waals surface area contributed by atoms with Crippen LogP contribution in [0.15, 0.2) is 60.7 Å². The van der Waals surface area contributed by atoms with Gasteiger partial charge < -0.3 is 15.4 Å². The highest BCUT2D eigenvalue weighted by molar-refractivity contribution is 7.92. The van der Waals surface area contributed by atoms with Crippen molar-refractivity contribution in [1.82, 2.24) is 15.3 Å². The van der Waals surface area contributed by atoms with E-state index in [1.807, 2.05) is 0 Å². The van der Waals surface area contributed by atoms with Crippen molar-refractivity contribution < 1.29 is 22.7 Å². The van der Waals surface area contributed by atoms with Crippen LogP contribution in [0.3, 0.4) is 0 Å². The number of carbonyl (C=O) groups is 1. The number of aromatic amines is 1. The number of sulfonamides is 1. The van der Waals surface area contributed by atoms with Crippen LogP contribution >= 0.6 is 0 Å². The van der Waals surface area contributed by atoms with Crippen LogP contribution in [-0.4, -0.2) is 42.2 Å². The molecule has 1 aromatic heterocycles. The normalized spacial score (nSPS) is 11.5. The van der Waals surface area contributed by atoms with Crippen molar-refractivity contribution in [3.05, 3.63) is 77.6 Å². The Kier molecular flexibility index (Phi) is 6.01. The van der Waals surface area contributed by atoms with E-state index in [-0.39, 0.29) is 17.5 Å². The maximum absolute atomic E-state index is 13.2. The van der Waals surface area contributed by atoms with Crippen molar-refractivity contribution in [3.8, 4) is 17.1 Å². The molecule has 170 valence electrons. The summed E-state index contributed by atoms with van der Waals surface area (Å²) in [6.07, 6.45) is 1.62. The highest BCUT2D eigenvalue weighted by Gasteiger charge is 2.17. The Hall–Kier alpha value is -3.92. The molecule has 1 amide bonds. The summed E-state index contributed by atoms with van der Waals surface area (Å²) in [4.78, 5) is 20.2. The number of phenolic OH excluding ortho intramolecular Hbond substituents is 1. The molecule has 33 heavy (non-hydrogen) atoms. The van der Waals surface area contributed by atoms with Crippen LogP contribution in [-0.2, 0) is 16.4 Å². The summed E-state index contributed by atoms with van der Waals surface area (Å²) in [6, 6.07) is 15.5. The third kappa shape index (κ3) is 5.29. The Balaban J connectivity index is 1.47. The quantitative estimate of drug-likeness (QED) is 0.331. The lowest BCUT2D eigenvalue weighted by Crippen LogP contribution is -2.26. The molecule has 8 nitrogen and oxygen atoms in total. The Labute approximate surface area is 189 Å². The average molecular weight is 469 g/mol. The fraction of sp³-hybridized carbons (Fsp3) is 0.130. The second kappa shape index (κ2) is 8.91. The van der Waals surface area contributed by atoms with Crippen molar-refractivity contribution in [3.63, 3.8) is 0 Å². The van der Waals surface area contributed by atoms with E-state index in [0.717, 1.165) is 11.8 Å². The van der Waals surface area contributed by atoms with Gasteiger partial charge in [0.15, 0.2) is 0 Å². The fourth-order valence-electron chi connectivity index (χ4n) is 3.37. The van der Waals surface area contributed by atoms with Gasteiger partial charge in [-0.1, -0.05) is 12.1 Å². The second-order valence-electron chi connectivity index (χ2n) is 7.53. The van der Waals surface area contributed by atoms with E-state index in [0.29, 0.717) is 46.6 Å². The number of phenols is 1. The summed E-state index contributed by atoms with van der Waals surface area (Å²) in [5.41, 5.74) is 2.92. The first-order valence-corrected chi connectivity index (χ1v) is 11.9. The molecular weight excluding hydrogens is 447 g/mol. The molecule has 0 aliphatic heterocycles. The van der Waals surface area contributed by atoms with E-state index in [9.17, 15) is 22.7 Å². The Morgan fingerprint density at radius 1 is 1.06 bits per heavy atom. The van der Waals surface area contributed by atoms with Crippen LogP contribution in [0.2, 0.25) is 0 Å². The topological polar surface area (TPSA) is 124 Å². The molecule has 4 aromatic rings. The predicted octanol–water partition coefficient (Wildman–Crippen LogP) is 3.42. The highest BCUT2D eigenvalue weighted by atomic mass is 32.2. The first-order valence-electron chi connectivity index (χ1n) is 10.0. The Bertz CT molecular complexity index is 1420. The van der Waals surface area contributed by atoms with Crippen LogP contribution in [0, 0.1) is 5.82 Å². The fourth-order valence-corrected chi connectivity index (χ4v) is 3.94. The van der Waals surface area contributed by atoms with E-state index in [1.165, 1.54) is 24.3 Å². The van der Waals surface area contributed by atoms with Crippen molar-refractivity contribution >= 4 is 32.7 Å². The number of halogens is 1. The molecule has 4 N–H and O–H groups in total. The average Bonchev–Trinajstić information content (AvgIpc) is 3.21. The zero-order chi connectivity index (χ0) is 23.6. The van der Waals surface area contributed by atoms with Gasteiger partial charge in [0.25, 0.3) is 5.91 Å². The van der Waals surface area contributed by atoms with E-state index in [4.69, 9.17) is 0 Å². The predicted molar refractivity (Wildman–Crippen MR) is 124 cm³/mol. The molecule has 0 atom stereocenters. The highest BCUT2D eigenvalue weighted by Crippen LogP contribution is 2.29. The SMILES string of the molecule is CS(=O)(=O)Nc1ccc(CCNC(=O)c2ccc(O)c3[nH]c(-c4ccc(F)cc4)nc23)cc1. The van der Waals surface area contributed by atoms with E-state index < -0.39 is 10.0 Å². The molecule has 1 heterocycles. The van der Waals surface area contributed by atoms with Gasteiger partial charge >= 0.3 is 0 Å². The minimum atomic E-state index is -3.34. The number of imidazole rings is 1. The minimum absolute atomic E-state index is 0.0507. The van der Waals surface area contributed by atoms with Gasteiger partial charge in [-0.05, 0) is 60.5 Å². The van der Waals surface area contributed by atoms with Gasteiger partial charge in [0, 0.05) is 17.8 Å². The van der Waals surface area contributed by atoms with Crippen LogP contribution in [0.25, 0.3) is 22.4 Å². The van der Waals surface area contributed by atoms with Crippen LogP contribution in [0.5, 0.6) is 5.75 Å². The molecule has 0 radical (unpaired) electrons. The largest absolute Gasteiger partial charge is 0.506 e. The molecule has 3 aromatic carbocycles. The lowest BCUT2D eigenvalue weighted by Gasteiger charge is -2.08. The van der Waals surface area contributed by atoms with Crippen molar-refractivity contribution in [2.75, 3.05) is 17.5 Å². The van der Waals surface area contributed by atoms with Crippen LogP contribution in [0.4, 0.5) is 10.1 Å². The lowest BCUT2D eigenvalue weighted by molar-refractivity contribution is 0.0955. The van der Waals surface area contributed by atoms with Crippen LogP contribution < -0.4 is 10.0 Å². The number of nitrogens with one attached hydrogen (secondary N) is 3. The van der Waals surface area contributed by atoms with E-state index in [1.54, 1.807) is 36.4 Å². The number of carbonyl (C=O) groups excluding carboxylic acids is 1. The van der Waals surface area contributed by atoms with Crippen molar-refractivity contribution in [1.29, 1.82) is 0 Å². The third-order valence-electron chi connectivity index (χ3n) is 4.94. The number of aromatic hydroxyl groups is 1. The number of hydrogen-bond acceptors (Lipinski definition) is 5. The molecule has 0 aliphatic rings. The number of hydrogen-bond donors (Lipinski definition) is 4. The lowest BCUT2D eigenvalue weighted by atomic mass is 10.1.